The lowest BCUT2D eigenvalue weighted by Crippen LogP contribution is -2.22. The van der Waals surface area contributed by atoms with Crippen LogP contribution < -0.4 is 10.1 Å². The SMILES string of the molecule is CCCNC(c1ccc(OCC)cc1)c1scc(C)c1Cl. The summed E-state index contributed by atoms with van der Waals surface area (Å²) >= 11 is 8.18. The minimum atomic E-state index is 0.145. The molecule has 0 aliphatic rings. The molecule has 1 unspecified atom stereocenters. The second-order valence-corrected chi connectivity index (χ2v) is 6.28. The Bertz CT molecular complexity index is 565. The van der Waals surface area contributed by atoms with Gasteiger partial charge in [-0.3, -0.25) is 0 Å². The Labute approximate surface area is 136 Å². The summed E-state index contributed by atoms with van der Waals surface area (Å²) in [6, 6.07) is 8.42. The molecular formula is C17H22ClNOS. The van der Waals surface area contributed by atoms with E-state index in [9.17, 15) is 0 Å². The van der Waals surface area contributed by atoms with Crippen LogP contribution in [0, 0.1) is 6.92 Å². The van der Waals surface area contributed by atoms with Crippen LogP contribution >= 0.6 is 22.9 Å². The van der Waals surface area contributed by atoms with Crippen LogP contribution in [0.1, 0.15) is 42.3 Å². The molecule has 1 aromatic carbocycles. The van der Waals surface area contributed by atoms with Crippen molar-refractivity contribution >= 4 is 22.9 Å². The van der Waals surface area contributed by atoms with E-state index in [4.69, 9.17) is 16.3 Å². The van der Waals surface area contributed by atoms with Gasteiger partial charge in [-0.2, -0.15) is 0 Å². The summed E-state index contributed by atoms with van der Waals surface area (Å²) in [5.41, 5.74) is 2.36. The number of halogens is 1. The molecule has 1 aromatic heterocycles. The number of thiophene rings is 1. The first-order valence-corrected chi connectivity index (χ1v) is 8.62. The van der Waals surface area contributed by atoms with Crippen molar-refractivity contribution in [1.29, 1.82) is 0 Å². The predicted octanol–water partition coefficient (Wildman–Crippen LogP) is 5.20. The van der Waals surface area contributed by atoms with Crippen LogP contribution in [0.3, 0.4) is 0 Å². The molecule has 1 N–H and O–H groups in total. The Morgan fingerprint density at radius 1 is 1.24 bits per heavy atom. The topological polar surface area (TPSA) is 21.3 Å². The van der Waals surface area contributed by atoms with E-state index in [1.54, 1.807) is 11.3 Å². The lowest BCUT2D eigenvalue weighted by molar-refractivity contribution is 0.340. The summed E-state index contributed by atoms with van der Waals surface area (Å²) in [6.45, 7) is 7.87. The van der Waals surface area contributed by atoms with Gasteiger partial charge >= 0.3 is 0 Å². The standard InChI is InChI=1S/C17H22ClNOS/c1-4-10-19-16(17-15(18)12(3)11-21-17)13-6-8-14(9-7-13)20-5-2/h6-9,11,16,19H,4-5,10H2,1-3H3. The molecule has 2 aromatic rings. The van der Waals surface area contributed by atoms with Gasteiger partial charge in [0.25, 0.3) is 0 Å². The molecule has 0 saturated heterocycles. The van der Waals surface area contributed by atoms with E-state index >= 15 is 0 Å². The van der Waals surface area contributed by atoms with E-state index in [-0.39, 0.29) is 6.04 Å². The molecule has 0 amide bonds. The first-order chi connectivity index (χ1) is 10.2. The minimum absolute atomic E-state index is 0.145. The zero-order chi connectivity index (χ0) is 15.2. The second-order valence-electron chi connectivity index (χ2n) is 4.99. The zero-order valence-electron chi connectivity index (χ0n) is 12.8. The lowest BCUT2D eigenvalue weighted by Gasteiger charge is -2.19. The second kappa shape index (κ2) is 7.83. The molecule has 4 heteroatoms. The maximum atomic E-state index is 6.46. The largest absolute Gasteiger partial charge is 0.494 e. The first kappa shape index (κ1) is 16.3. The molecule has 0 spiro atoms. The third kappa shape index (κ3) is 4.00. The fraction of sp³-hybridized carbons (Fsp3) is 0.412. The van der Waals surface area contributed by atoms with Crippen LogP contribution in [-0.4, -0.2) is 13.2 Å². The molecule has 0 aliphatic carbocycles. The van der Waals surface area contributed by atoms with Crippen LogP contribution in [0.15, 0.2) is 29.6 Å². The normalized spacial score (nSPS) is 12.4. The number of nitrogens with one attached hydrogen (secondary N) is 1. The third-order valence-corrected chi connectivity index (χ3v) is 5.09. The monoisotopic (exact) mass is 323 g/mol. The van der Waals surface area contributed by atoms with E-state index in [2.05, 4.69) is 36.7 Å². The van der Waals surface area contributed by atoms with Crippen LogP contribution in [0.4, 0.5) is 0 Å². The maximum Gasteiger partial charge on any atom is 0.119 e. The summed E-state index contributed by atoms with van der Waals surface area (Å²) in [6.07, 6.45) is 1.09. The van der Waals surface area contributed by atoms with Crippen molar-refractivity contribution in [1.82, 2.24) is 5.32 Å². The van der Waals surface area contributed by atoms with Crippen molar-refractivity contribution in [3.8, 4) is 5.75 Å². The van der Waals surface area contributed by atoms with Crippen LogP contribution in [0.2, 0.25) is 5.02 Å². The molecule has 0 fully saturated rings. The molecule has 0 aliphatic heterocycles. The molecular weight excluding hydrogens is 302 g/mol. The molecule has 1 heterocycles. The van der Waals surface area contributed by atoms with Gasteiger partial charge in [0.05, 0.1) is 17.7 Å². The molecule has 2 nitrogen and oxygen atoms in total. The van der Waals surface area contributed by atoms with Gasteiger partial charge in [0.1, 0.15) is 5.75 Å². The van der Waals surface area contributed by atoms with Gasteiger partial charge in [-0.05, 0) is 55.5 Å². The smallest absolute Gasteiger partial charge is 0.119 e. The van der Waals surface area contributed by atoms with Crippen molar-refractivity contribution in [3.05, 3.63) is 50.7 Å². The fourth-order valence-electron chi connectivity index (χ4n) is 2.22. The number of benzene rings is 1. The summed E-state index contributed by atoms with van der Waals surface area (Å²) in [7, 11) is 0. The molecule has 0 saturated carbocycles. The van der Waals surface area contributed by atoms with Gasteiger partial charge < -0.3 is 10.1 Å². The number of ether oxygens (including phenoxy) is 1. The van der Waals surface area contributed by atoms with E-state index in [1.165, 1.54) is 10.4 Å². The van der Waals surface area contributed by atoms with E-state index in [0.717, 1.165) is 29.3 Å². The highest BCUT2D eigenvalue weighted by molar-refractivity contribution is 7.10. The molecule has 2 rings (SSSR count). The fourth-order valence-corrected chi connectivity index (χ4v) is 3.62. The average molecular weight is 324 g/mol. The van der Waals surface area contributed by atoms with Gasteiger partial charge in [0.2, 0.25) is 0 Å². The number of rotatable bonds is 7. The third-order valence-electron chi connectivity index (χ3n) is 3.31. The number of aryl methyl sites for hydroxylation is 1. The molecule has 0 radical (unpaired) electrons. The van der Waals surface area contributed by atoms with Gasteiger partial charge in [0, 0.05) is 4.88 Å². The van der Waals surface area contributed by atoms with Crippen molar-refractivity contribution in [2.75, 3.05) is 13.2 Å². The highest BCUT2D eigenvalue weighted by Crippen LogP contribution is 2.36. The first-order valence-electron chi connectivity index (χ1n) is 7.37. The number of hydrogen-bond donors (Lipinski definition) is 1. The average Bonchev–Trinajstić information content (AvgIpc) is 2.82. The molecule has 0 bridgehead atoms. The summed E-state index contributed by atoms with van der Waals surface area (Å²) in [5.74, 6) is 0.906. The Balaban J connectivity index is 2.29. The highest BCUT2D eigenvalue weighted by atomic mass is 35.5. The summed E-state index contributed by atoms with van der Waals surface area (Å²) in [4.78, 5) is 1.19. The molecule has 21 heavy (non-hydrogen) atoms. The Morgan fingerprint density at radius 2 is 1.95 bits per heavy atom. The van der Waals surface area contributed by atoms with Crippen molar-refractivity contribution in [2.45, 2.75) is 33.2 Å². The van der Waals surface area contributed by atoms with Gasteiger partial charge in [-0.25, -0.2) is 0 Å². The van der Waals surface area contributed by atoms with Crippen LogP contribution in [0.5, 0.6) is 5.75 Å². The quantitative estimate of drug-likeness (QED) is 0.756. The van der Waals surface area contributed by atoms with Crippen LogP contribution in [0.25, 0.3) is 0 Å². The Kier molecular flexibility index (Phi) is 6.09. The molecule has 114 valence electrons. The van der Waals surface area contributed by atoms with E-state index in [0.29, 0.717) is 6.61 Å². The Morgan fingerprint density at radius 3 is 2.48 bits per heavy atom. The van der Waals surface area contributed by atoms with Crippen molar-refractivity contribution < 1.29 is 4.74 Å². The highest BCUT2D eigenvalue weighted by Gasteiger charge is 2.19. The number of hydrogen-bond acceptors (Lipinski definition) is 3. The minimum Gasteiger partial charge on any atom is -0.494 e. The van der Waals surface area contributed by atoms with Gasteiger partial charge in [-0.1, -0.05) is 30.7 Å². The Hall–Kier alpha value is -1.03. The van der Waals surface area contributed by atoms with Gasteiger partial charge in [-0.15, -0.1) is 11.3 Å². The maximum absolute atomic E-state index is 6.46. The summed E-state index contributed by atoms with van der Waals surface area (Å²) < 4.78 is 5.51. The molecule has 1 atom stereocenters. The van der Waals surface area contributed by atoms with Crippen molar-refractivity contribution in [2.24, 2.45) is 0 Å². The predicted molar refractivity (Wildman–Crippen MR) is 91.8 cm³/mol. The lowest BCUT2D eigenvalue weighted by atomic mass is 10.0. The zero-order valence-corrected chi connectivity index (χ0v) is 14.4. The van der Waals surface area contributed by atoms with E-state index < -0.39 is 0 Å². The van der Waals surface area contributed by atoms with Crippen LogP contribution in [-0.2, 0) is 0 Å². The van der Waals surface area contributed by atoms with Gasteiger partial charge in [0.15, 0.2) is 0 Å². The summed E-state index contributed by atoms with van der Waals surface area (Å²) in [5, 5.41) is 6.59. The van der Waals surface area contributed by atoms with E-state index in [1.807, 2.05) is 19.1 Å². The van der Waals surface area contributed by atoms with Crippen molar-refractivity contribution in [3.63, 3.8) is 0 Å².